The van der Waals surface area contributed by atoms with Crippen LogP contribution in [0.25, 0.3) is 0 Å². The first-order valence-corrected chi connectivity index (χ1v) is 7.31. The molecule has 0 spiro atoms. The van der Waals surface area contributed by atoms with Gasteiger partial charge in [-0.2, -0.15) is 11.3 Å². The number of carbonyl (C=O) groups is 1. The molecule has 0 N–H and O–H groups in total. The second-order valence-electron chi connectivity index (χ2n) is 4.50. The van der Waals surface area contributed by atoms with Gasteiger partial charge in [-0.1, -0.05) is 26.0 Å². The average Bonchev–Trinajstić information content (AvgIpc) is 2.83. The molecule has 1 aromatic heterocycles. The Bertz CT molecular complexity index is 566. The van der Waals surface area contributed by atoms with Crippen LogP contribution in [0.3, 0.4) is 0 Å². The molecule has 0 radical (unpaired) electrons. The maximum atomic E-state index is 12.6. The van der Waals surface area contributed by atoms with Crippen LogP contribution in [0.4, 0.5) is 0 Å². The Labute approximate surface area is 112 Å². The molecule has 1 nitrogen and oxygen atoms in total. The fourth-order valence-electron chi connectivity index (χ4n) is 2.10. The Hall–Kier alpha value is -1.41. The number of thiophene rings is 1. The van der Waals surface area contributed by atoms with Crippen LogP contribution in [0.1, 0.15) is 46.5 Å². The first-order chi connectivity index (χ1) is 8.67. The molecule has 0 bridgehead atoms. The van der Waals surface area contributed by atoms with Crippen LogP contribution >= 0.6 is 11.3 Å². The summed E-state index contributed by atoms with van der Waals surface area (Å²) in [5, 5.41) is 3.98. The van der Waals surface area contributed by atoms with Crippen molar-refractivity contribution in [3.05, 3.63) is 56.8 Å². The Kier molecular flexibility index (Phi) is 3.97. The monoisotopic (exact) mass is 258 g/mol. The van der Waals surface area contributed by atoms with Gasteiger partial charge in [0.15, 0.2) is 5.78 Å². The van der Waals surface area contributed by atoms with Crippen LogP contribution in [-0.2, 0) is 12.8 Å². The van der Waals surface area contributed by atoms with Crippen molar-refractivity contribution in [3.8, 4) is 0 Å². The van der Waals surface area contributed by atoms with Crippen molar-refractivity contribution in [1.82, 2.24) is 0 Å². The van der Waals surface area contributed by atoms with Crippen LogP contribution in [-0.4, -0.2) is 5.78 Å². The summed E-state index contributed by atoms with van der Waals surface area (Å²) in [7, 11) is 0. The van der Waals surface area contributed by atoms with Gasteiger partial charge in [0.2, 0.25) is 0 Å². The van der Waals surface area contributed by atoms with Gasteiger partial charge in [0.1, 0.15) is 0 Å². The number of benzene rings is 1. The summed E-state index contributed by atoms with van der Waals surface area (Å²) in [6, 6.07) is 6.27. The normalized spacial score (nSPS) is 10.6. The third kappa shape index (κ3) is 2.39. The minimum atomic E-state index is 0.168. The summed E-state index contributed by atoms with van der Waals surface area (Å²) in [5.74, 6) is 0.168. The summed E-state index contributed by atoms with van der Waals surface area (Å²) in [6.07, 6.45) is 1.86. The molecule has 0 fully saturated rings. The molecule has 0 atom stereocenters. The van der Waals surface area contributed by atoms with Crippen LogP contribution in [0.2, 0.25) is 0 Å². The van der Waals surface area contributed by atoms with Crippen LogP contribution < -0.4 is 0 Å². The van der Waals surface area contributed by atoms with Gasteiger partial charge < -0.3 is 0 Å². The van der Waals surface area contributed by atoms with E-state index in [9.17, 15) is 4.79 Å². The lowest BCUT2D eigenvalue weighted by Crippen LogP contribution is -2.06. The van der Waals surface area contributed by atoms with Crippen LogP contribution in [0.5, 0.6) is 0 Å². The van der Waals surface area contributed by atoms with Crippen molar-refractivity contribution in [2.45, 2.75) is 33.6 Å². The Balaban J connectivity index is 2.49. The topological polar surface area (TPSA) is 17.1 Å². The molecule has 0 amide bonds. The molecule has 2 rings (SSSR count). The van der Waals surface area contributed by atoms with E-state index in [1.165, 1.54) is 5.56 Å². The molecule has 0 aliphatic carbocycles. The largest absolute Gasteiger partial charge is 0.289 e. The molecule has 94 valence electrons. The molecule has 2 aromatic rings. The summed E-state index contributed by atoms with van der Waals surface area (Å²) in [6.45, 7) is 6.21. The minimum absolute atomic E-state index is 0.168. The predicted molar refractivity (Wildman–Crippen MR) is 77.7 cm³/mol. The quantitative estimate of drug-likeness (QED) is 0.742. The molecule has 0 aliphatic heterocycles. The van der Waals surface area contributed by atoms with Crippen molar-refractivity contribution in [2.24, 2.45) is 0 Å². The van der Waals surface area contributed by atoms with E-state index in [2.05, 4.69) is 32.0 Å². The fourth-order valence-corrected chi connectivity index (χ4v) is 2.93. The SMILES string of the molecule is CCc1ccc(CC)c(C(=O)c2cscc2C)c1. The second kappa shape index (κ2) is 5.49. The molecule has 2 heteroatoms. The highest BCUT2D eigenvalue weighted by atomic mass is 32.1. The molecule has 0 aliphatic rings. The lowest BCUT2D eigenvalue weighted by Gasteiger charge is -2.09. The maximum Gasteiger partial charge on any atom is 0.194 e. The zero-order chi connectivity index (χ0) is 13.1. The van der Waals surface area contributed by atoms with E-state index >= 15 is 0 Å². The third-order valence-electron chi connectivity index (χ3n) is 3.31. The highest BCUT2D eigenvalue weighted by Crippen LogP contribution is 2.22. The number of hydrogen-bond acceptors (Lipinski definition) is 2. The summed E-state index contributed by atoms with van der Waals surface area (Å²) < 4.78 is 0. The van der Waals surface area contributed by atoms with Gasteiger partial charge in [-0.15, -0.1) is 0 Å². The van der Waals surface area contributed by atoms with Gasteiger partial charge in [0.05, 0.1) is 0 Å². The highest BCUT2D eigenvalue weighted by molar-refractivity contribution is 7.08. The second-order valence-corrected chi connectivity index (χ2v) is 5.24. The van der Waals surface area contributed by atoms with Gasteiger partial charge in [-0.25, -0.2) is 0 Å². The fraction of sp³-hybridized carbons (Fsp3) is 0.312. The van der Waals surface area contributed by atoms with Gasteiger partial charge in [0, 0.05) is 16.5 Å². The van der Waals surface area contributed by atoms with Crippen molar-refractivity contribution in [2.75, 3.05) is 0 Å². The molecular formula is C16H18OS. The van der Waals surface area contributed by atoms with E-state index < -0.39 is 0 Å². The predicted octanol–water partition coefficient (Wildman–Crippen LogP) is 4.41. The van der Waals surface area contributed by atoms with Crippen molar-refractivity contribution >= 4 is 17.1 Å². The van der Waals surface area contributed by atoms with Crippen molar-refractivity contribution in [3.63, 3.8) is 0 Å². The third-order valence-corrected chi connectivity index (χ3v) is 4.17. The lowest BCUT2D eigenvalue weighted by atomic mass is 9.94. The maximum absolute atomic E-state index is 12.6. The van der Waals surface area contributed by atoms with Gasteiger partial charge in [0.25, 0.3) is 0 Å². The first-order valence-electron chi connectivity index (χ1n) is 6.36. The molecule has 0 saturated heterocycles. The zero-order valence-electron chi connectivity index (χ0n) is 11.1. The highest BCUT2D eigenvalue weighted by Gasteiger charge is 2.15. The van der Waals surface area contributed by atoms with E-state index in [0.29, 0.717) is 0 Å². The number of carbonyl (C=O) groups excluding carboxylic acids is 1. The molecule has 0 saturated carbocycles. The summed E-state index contributed by atoms with van der Waals surface area (Å²) in [4.78, 5) is 12.6. The minimum Gasteiger partial charge on any atom is -0.289 e. The Morgan fingerprint density at radius 1 is 1.11 bits per heavy atom. The van der Waals surface area contributed by atoms with E-state index in [1.54, 1.807) is 11.3 Å². The summed E-state index contributed by atoms with van der Waals surface area (Å²) in [5.41, 5.74) is 5.17. The van der Waals surface area contributed by atoms with Crippen LogP contribution in [0, 0.1) is 6.92 Å². The molecule has 1 heterocycles. The van der Waals surface area contributed by atoms with E-state index in [-0.39, 0.29) is 5.78 Å². The number of rotatable bonds is 4. The van der Waals surface area contributed by atoms with E-state index in [0.717, 1.165) is 35.1 Å². The number of aryl methyl sites for hydroxylation is 3. The Morgan fingerprint density at radius 3 is 2.44 bits per heavy atom. The molecule has 1 aromatic carbocycles. The van der Waals surface area contributed by atoms with Gasteiger partial charge in [-0.05, 0) is 47.9 Å². The molecular weight excluding hydrogens is 240 g/mol. The van der Waals surface area contributed by atoms with Crippen LogP contribution in [0.15, 0.2) is 29.0 Å². The number of ketones is 1. The summed E-state index contributed by atoms with van der Waals surface area (Å²) >= 11 is 1.59. The first kappa shape index (κ1) is 13.0. The smallest absolute Gasteiger partial charge is 0.194 e. The van der Waals surface area contributed by atoms with Gasteiger partial charge >= 0.3 is 0 Å². The van der Waals surface area contributed by atoms with Crippen molar-refractivity contribution in [1.29, 1.82) is 0 Å². The van der Waals surface area contributed by atoms with Gasteiger partial charge in [-0.3, -0.25) is 4.79 Å². The van der Waals surface area contributed by atoms with Crippen molar-refractivity contribution < 1.29 is 4.79 Å². The Morgan fingerprint density at radius 2 is 1.89 bits per heavy atom. The van der Waals surface area contributed by atoms with E-state index in [1.807, 2.05) is 17.7 Å². The lowest BCUT2D eigenvalue weighted by molar-refractivity contribution is 0.103. The number of hydrogen-bond donors (Lipinski definition) is 0. The molecule has 18 heavy (non-hydrogen) atoms. The standard InChI is InChI=1S/C16H18OS/c1-4-12-6-7-13(5-2)14(8-12)16(17)15-10-18-9-11(15)3/h6-10H,4-5H2,1-3H3. The molecule has 0 unspecified atom stereocenters. The van der Waals surface area contributed by atoms with E-state index in [4.69, 9.17) is 0 Å². The average molecular weight is 258 g/mol. The zero-order valence-corrected chi connectivity index (χ0v) is 11.9.